The molecule has 0 amide bonds. The molecule has 0 unspecified atom stereocenters. The van der Waals surface area contributed by atoms with E-state index in [0.29, 0.717) is 5.56 Å². The number of hydrogen-bond acceptors (Lipinski definition) is 3. The summed E-state index contributed by atoms with van der Waals surface area (Å²) in [7, 11) is 1.38. The number of rotatable bonds is 4. The fraction of sp³-hybridized carbons (Fsp3) is 0.188. The maximum absolute atomic E-state index is 11.4. The Morgan fingerprint density at radius 2 is 1.95 bits per heavy atom. The van der Waals surface area contributed by atoms with Gasteiger partial charge in [0.15, 0.2) is 0 Å². The summed E-state index contributed by atoms with van der Waals surface area (Å²) in [6, 6.07) is 15.6. The normalized spacial score (nSPS) is 10.0. The van der Waals surface area contributed by atoms with Gasteiger partial charge in [0.2, 0.25) is 0 Å². The van der Waals surface area contributed by atoms with Crippen LogP contribution in [0.2, 0.25) is 0 Å². The van der Waals surface area contributed by atoms with Crippen LogP contribution in [0.5, 0.6) is 0 Å². The number of aryl methyl sites for hydroxylation is 1. The van der Waals surface area contributed by atoms with Gasteiger partial charge in [-0.05, 0) is 30.7 Å². The summed E-state index contributed by atoms with van der Waals surface area (Å²) in [5.74, 6) is -0.320. The summed E-state index contributed by atoms with van der Waals surface area (Å²) in [5.41, 5.74) is 3.91. The van der Waals surface area contributed by atoms with Crippen LogP contribution in [-0.4, -0.2) is 13.1 Å². The summed E-state index contributed by atoms with van der Waals surface area (Å²) < 4.78 is 4.70. The summed E-state index contributed by atoms with van der Waals surface area (Å²) in [5, 5.41) is 3.30. The first-order valence-electron chi connectivity index (χ1n) is 6.17. The van der Waals surface area contributed by atoms with E-state index in [0.717, 1.165) is 12.2 Å². The van der Waals surface area contributed by atoms with Crippen molar-refractivity contribution in [2.45, 2.75) is 13.5 Å². The van der Waals surface area contributed by atoms with Crippen molar-refractivity contribution in [1.29, 1.82) is 0 Å². The van der Waals surface area contributed by atoms with Gasteiger partial charge in [-0.1, -0.05) is 35.9 Å². The molecule has 1 N–H and O–H groups in total. The lowest BCUT2D eigenvalue weighted by atomic mass is 10.1. The second kappa shape index (κ2) is 6.05. The highest BCUT2D eigenvalue weighted by Gasteiger charge is 2.05. The highest BCUT2D eigenvalue weighted by atomic mass is 16.5. The minimum absolute atomic E-state index is 0.320. The van der Waals surface area contributed by atoms with E-state index in [1.807, 2.05) is 18.2 Å². The fourth-order valence-corrected chi connectivity index (χ4v) is 1.90. The average molecular weight is 255 g/mol. The third-order valence-electron chi connectivity index (χ3n) is 2.86. The van der Waals surface area contributed by atoms with Crippen molar-refractivity contribution in [3.63, 3.8) is 0 Å². The second-order valence-electron chi connectivity index (χ2n) is 4.41. The Hall–Kier alpha value is -2.29. The second-order valence-corrected chi connectivity index (χ2v) is 4.41. The molecule has 0 heterocycles. The lowest BCUT2D eigenvalue weighted by Crippen LogP contribution is -2.04. The number of anilines is 1. The summed E-state index contributed by atoms with van der Waals surface area (Å²) in [4.78, 5) is 11.4. The predicted molar refractivity (Wildman–Crippen MR) is 76.3 cm³/mol. The lowest BCUT2D eigenvalue weighted by Gasteiger charge is -2.08. The first-order chi connectivity index (χ1) is 9.19. The van der Waals surface area contributed by atoms with Crippen molar-refractivity contribution in [3.05, 3.63) is 65.2 Å². The molecule has 2 aromatic carbocycles. The first kappa shape index (κ1) is 13.1. The Balaban J connectivity index is 2.05. The van der Waals surface area contributed by atoms with E-state index < -0.39 is 0 Å². The van der Waals surface area contributed by atoms with Crippen LogP contribution >= 0.6 is 0 Å². The number of hydrogen-bond donors (Lipinski definition) is 1. The van der Waals surface area contributed by atoms with E-state index in [-0.39, 0.29) is 5.97 Å². The number of methoxy groups -OCH3 is 1. The molecule has 0 aliphatic heterocycles. The Morgan fingerprint density at radius 3 is 2.68 bits per heavy atom. The van der Waals surface area contributed by atoms with Gasteiger partial charge in [0.05, 0.1) is 12.7 Å². The van der Waals surface area contributed by atoms with Crippen molar-refractivity contribution in [3.8, 4) is 0 Å². The standard InChI is InChI=1S/C16H17NO2/c1-12-5-3-6-13(9-12)11-17-15-8-4-7-14(10-15)16(18)19-2/h3-10,17H,11H2,1-2H3. The number of nitrogens with one attached hydrogen (secondary N) is 1. The van der Waals surface area contributed by atoms with Crippen LogP contribution in [0, 0.1) is 6.92 Å². The van der Waals surface area contributed by atoms with Crippen LogP contribution in [-0.2, 0) is 11.3 Å². The molecule has 3 nitrogen and oxygen atoms in total. The number of carbonyl (C=O) groups is 1. The van der Waals surface area contributed by atoms with Crippen molar-refractivity contribution < 1.29 is 9.53 Å². The molecular formula is C16H17NO2. The Kier molecular flexibility index (Phi) is 4.18. The zero-order chi connectivity index (χ0) is 13.7. The smallest absolute Gasteiger partial charge is 0.337 e. The molecule has 0 fully saturated rings. The van der Waals surface area contributed by atoms with Gasteiger partial charge in [0.1, 0.15) is 0 Å². The maximum Gasteiger partial charge on any atom is 0.337 e. The predicted octanol–water partition coefficient (Wildman–Crippen LogP) is 3.39. The third-order valence-corrected chi connectivity index (χ3v) is 2.86. The number of esters is 1. The molecule has 0 aliphatic rings. The quantitative estimate of drug-likeness (QED) is 0.851. The zero-order valence-electron chi connectivity index (χ0n) is 11.1. The topological polar surface area (TPSA) is 38.3 Å². The van der Waals surface area contributed by atoms with Crippen LogP contribution in [0.4, 0.5) is 5.69 Å². The third kappa shape index (κ3) is 3.58. The minimum Gasteiger partial charge on any atom is -0.465 e. The lowest BCUT2D eigenvalue weighted by molar-refractivity contribution is 0.0601. The van der Waals surface area contributed by atoms with E-state index >= 15 is 0 Å². The van der Waals surface area contributed by atoms with Crippen molar-refractivity contribution in [1.82, 2.24) is 0 Å². The van der Waals surface area contributed by atoms with Gasteiger partial charge in [-0.25, -0.2) is 4.79 Å². The molecule has 0 bridgehead atoms. The molecule has 2 aromatic rings. The van der Waals surface area contributed by atoms with Crippen LogP contribution < -0.4 is 5.32 Å². The Bertz CT molecular complexity index is 578. The van der Waals surface area contributed by atoms with Crippen molar-refractivity contribution in [2.75, 3.05) is 12.4 Å². The van der Waals surface area contributed by atoms with Gasteiger partial charge in [0.25, 0.3) is 0 Å². The SMILES string of the molecule is COC(=O)c1cccc(NCc2cccc(C)c2)c1. The molecule has 0 spiro atoms. The van der Waals surface area contributed by atoms with Crippen LogP contribution in [0.1, 0.15) is 21.5 Å². The monoisotopic (exact) mass is 255 g/mol. The molecule has 0 atom stereocenters. The molecule has 3 heteroatoms. The highest BCUT2D eigenvalue weighted by molar-refractivity contribution is 5.90. The fourth-order valence-electron chi connectivity index (χ4n) is 1.90. The van der Waals surface area contributed by atoms with E-state index in [9.17, 15) is 4.79 Å². The Morgan fingerprint density at radius 1 is 1.16 bits per heavy atom. The molecule has 0 saturated heterocycles. The summed E-state index contributed by atoms with van der Waals surface area (Å²) in [6.07, 6.45) is 0. The molecule has 0 aliphatic carbocycles. The van der Waals surface area contributed by atoms with Crippen molar-refractivity contribution in [2.24, 2.45) is 0 Å². The van der Waals surface area contributed by atoms with Crippen LogP contribution in [0.3, 0.4) is 0 Å². The van der Waals surface area contributed by atoms with Crippen LogP contribution in [0.15, 0.2) is 48.5 Å². The first-order valence-corrected chi connectivity index (χ1v) is 6.17. The van der Waals surface area contributed by atoms with Gasteiger partial charge in [-0.3, -0.25) is 0 Å². The Labute approximate surface area is 113 Å². The molecule has 0 aromatic heterocycles. The largest absolute Gasteiger partial charge is 0.465 e. The minimum atomic E-state index is -0.320. The average Bonchev–Trinajstić information content (AvgIpc) is 2.45. The number of carbonyl (C=O) groups excluding carboxylic acids is 1. The number of ether oxygens (including phenoxy) is 1. The van der Waals surface area contributed by atoms with Gasteiger partial charge >= 0.3 is 5.97 Å². The molecule has 2 rings (SSSR count). The van der Waals surface area contributed by atoms with Crippen molar-refractivity contribution >= 4 is 11.7 Å². The molecule has 0 radical (unpaired) electrons. The van der Waals surface area contributed by atoms with Gasteiger partial charge in [-0.2, -0.15) is 0 Å². The molecule has 0 saturated carbocycles. The zero-order valence-corrected chi connectivity index (χ0v) is 11.1. The van der Waals surface area contributed by atoms with E-state index in [2.05, 4.69) is 30.4 Å². The molecular weight excluding hydrogens is 238 g/mol. The maximum atomic E-state index is 11.4. The summed E-state index contributed by atoms with van der Waals surface area (Å²) in [6.45, 7) is 2.80. The van der Waals surface area contributed by atoms with E-state index in [4.69, 9.17) is 4.74 Å². The van der Waals surface area contributed by atoms with Gasteiger partial charge < -0.3 is 10.1 Å². The number of benzene rings is 2. The van der Waals surface area contributed by atoms with E-state index in [1.165, 1.54) is 18.2 Å². The molecule has 19 heavy (non-hydrogen) atoms. The van der Waals surface area contributed by atoms with Gasteiger partial charge in [0, 0.05) is 12.2 Å². The highest BCUT2D eigenvalue weighted by Crippen LogP contribution is 2.13. The van der Waals surface area contributed by atoms with Gasteiger partial charge in [-0.15, -0.1) is 0 Å². The molecule has 98 valence electrons. The van der Waals surface area contributed by atoms with Crippen LogP contribution in [0.25, 0.3) is 0 Å². The van der Waals surface area contributed by atoms with E-state index in [1.54, 1.807) is 12.1 Å². The summed E-state index contributed by atoms with van der Waals surface area (Å²) >= 11 is 0.